The highest BCUT2D eigenvalue weighted by Gasteiger charge is 2.34. The van der Waals surface area contributed by atoms with Gasteiger partial charge in [0.1, 0.15) is 12.6 Å². The minimum atomic E-state index is -4.28. The van der Waals surface area contributed by atoms with Gasteiger partial charge in [0.2, 0.25) is 11.8 Å². The zero-order valence-corrected chi connectivity index (χ0v) is 27.8. The summed E-state index contributed by atoms with van der Waals surface area (Å²) >= 11 is 0. The van der Waals surface area contributed by atoms with E-state index in [1.54, 1.807) is 12.1 Å². The third-order valence-electron chi connectivity index (χ3n) is 7.39. The van der Waals surface area contributed by atoms with Gasteiger partial charge in [-0.15, -0.1) is 0 Å². The number of ether oxygens (including phenoxy) is 2. The molecule has 10 heteroatoms. The number of nitrogens with one attached hydrogen (secondary N) is 1. The van der Waals surface area contributed by atoms with Crippen LogP contribution in [0.15, 0.2) is 65.6 Å². The largest absolute Gasteiger partial charge is 0.493 e. The molecule has 3 rings (SSSR count). The van der Waals surface area contributed by atoms with Crippen molar-refractivity contribution in [3.05, 3.63) is 82.9 Å². The average Bonchev–Trinajstić information content (AvgIpc) is 2.98. The number of carbonyl (C=O) groups excluding carboxylic acids is 2. The molecule has 44 heavy (non-hydrogen) atoms. The minimum absolute atomic E-state index is 0.0609. The summed E-state index contributed by atoms with van der Waals surface area (Å²) in [6.07, 6.45) is 0.355. The lowest BCUT2D eigenvalue weighted by atomic mass is 10.1. The van der Waals surface area contributed by atoms with Crippen LogP contribution in [0.2, 0.25) is 0 Å². The number of amides is 2. The summed E-state index contributed by atoms with van der Waals surface area (Å²) in [5, 5.41) is 2.96. The molecule has 0 unspecified atom stereocenters. The number of methoxy groups -OCH3 is 2. The molecule has 9 nitrogen and oxygen atoms in total. The van der Waals surface area contributed by atoms with Gasteiger partial charge < -0.3 is 19.7 Å². The Morgan fingerprint density at radius 2 is 1.52 bits per heavy atom. The Morgan fingerprint density at radius 1 is 0.886 bits per heavy atom. The Balaban J connectivity index is 2.14. The summed E-state index contributed by atoms with van der Waals surface area (Å²) in [5.41, 5.74) is 3.87. The van der Waals surface area contributed by atoms with Crippen molar-refractivity contribution in [2.24, 2.45) is 5.92 Å². The van der Waals surface area contributed by atoms with Gasteiger partial charge in [-0.1, -0.05) is 51.1 Å². The molecule has 0 aliphatic rings. The third kappa shape index (κ3) is 8.31. The highest BCUT2D eigenvalue weighted by Crippen LogP contribution is 2.33. The molecular weight excluding hydrogens is 578 g/mol. The van der Waals surface area contributed by atoms with Crippen molar-refractivity contribution in [2.45, 2.75) is 65.4 Å². The van der Waals surface area contributed by atoms with Crippen molar-refractivity contribution >= 4 is 27.5 Å². The highest BCUT2D eigenvalue weighted by molar-refractivity contribution is 7.92. The number of hydrogen-bond acceptors (Lipinski definition) is 6. The normalized spacial score (nSPS) is 12.0. The summed E-state index contributed by atoms with van der Waals surface area (Å²) in [4.78, 5) is 29.2. The second kappa shape index (κ2) is 15.1. The lowest BCUT2D eigenvalue weighted by Crippen LogP contribution is -2.52. The minimum Gasteiger partial charge on any atom is -0.493 e. The number of hydrogen-bond donors (Lipinski definition) is 1. The molecule has 0 aliphatic carbocycles. The first-order chi connectivity index (χ1) is 20.8. The number of aryl methyl sites for hydroxylation is 3. The molecule has 0 heterocycles. The first-order valence-corrected chi connectivity index (χ1v) is 16.2. The van der Waals surface area contributed by atoms with Crippen LogP contribution >= 0.6 is 0 Å². The van der Waals surface area contributed by atoms with Crippen LogP contribution in [-0.2, 0) is 26.2 Å². The first-order valence-electron chi connectivity index (χ1n) is 14.8. The van der Waals surface area contributed by atoms with E-state index in [9.17, 15) is 18.0 Å². The maximum absolute atomic E-state index is 14.4. The number of benzene rings is 3. The van der Waals surface area contributed by atoms with Crippen LogP contribution in [0.3, 0.4) is 0 Å². The first kappa shape index (κ1) is 34.4. The number of rotatable bonds is 14. The lowest BCUT2D eigenvalue weighted by Gasteiger charge is -2.34. The summed E-state index contributed by atoms with van der Waals surface area (Å²) in [5.74, 6) is 0.0768. The Morgan fingerprint density at radius 3 is 2.09 bits per heavy atom. The molecular formula is C34H45N3O6S. The van der Waals surface area contributed by atoms with Crippen LogP contribution in [0, 0.1) is 26.7 Å². The molecule has 0 spiro atoms. The summed E-state index contributed by atoms with van der Waals surface area (Å²) in [6.45, 7) is 11.6. The van der Waals surface area contributed by atoms with Crippen LogP contribution in [-0.4, -0.2) is 58.5 Å². The SMILES string of the molecule is CC[C@@H](C(=O)NCC(C)C)N(Cc1ccccc1C)C(=O)CN(c1cc(C)cc(C)c1)S(=O)(=O)c1ccc(OC)c(OC)c1. The maximum Gasteiger partial charge on any atom is 0.264 e. The topological polar surface area (TPSA) is 105 Å². The van der Waals surface area contributed by atoms with E-state index in [0.717, 1.165) is 26.6 Å². The van der Waals surface area contributed by atoms with Crippen molar-refractivity contribution in [3.63, 3.8) is 0 Å². The molecule has 3 aromatic rings. The number of anilines is 1. The average molecular weight is 624 g/mol. The van der Waals surface area contributed by atoms with Gasteiger partial charge in [0.25, 0.3) is 10.0 Å². The Kier molecular flexibility index (Phi) is 11.8. The van der Waals surface area contributed by atoms with Crippen molar-refractivity contribution in [2.75, 3.05) is 31.6 Å². The molecule has 0 radical (unpaired) electrons. The van der Waals surface area contributed by atoms with E-state index >= 15 is 0 Å². The smallest absolute Gasteiger partial charge is 0.264 e. The van der Waals surface area contributed by atoms with Gasteiger partial charge in [0, 0.05) is 19.2 Å². The van der Waals surface area contributed by atoms with Crippen molar-refractivity contribution < 1.29 is 27.5 Å². The van der Waals surface area contributed by atoms with Crippen molar-refractivity contribution in [3.8, 4) is 11.5 Å². The van der Waals surface area contributed by atoms with E-state index in [2.05, 4.69) is 5.32 Å². The lowest BCUT2D eigenvalue weighted by molar-refractivity contribution is -0.140. The predicted octanol–water partition coefficient (Wildman–Crippen LogP) is 5.40. The molecule has 0 saturated heterocycles. The molecule has 0 bridgehead atoms. The van der Waals surface area contributed by atoms with Crippen LogP contribution in [0.4, 0.5) is 5.69 Å². The van der Waals surface area contributed by atoms with Crippen molar-refractivity contribution in [1.82, 2.24) is 10.2 Å². The van der Waals surface area contributed by atoms with E-state index in [1.807, 2.05) is 71.9 Å². The highest BCUT2D eigenvalue weighted by atomic mass is 32.2. The fourth-order valence-electron chi connectivity index (χ4n) is 5.04. The van der Waals surface area contributed by atoms with E-state index < -0.39 is 28.5 Å². The Labute approximate surface area is 262 Å². The Hall–Kier alpha value is -4.05. The van der Waals surface area contributed by atoms with Crippen molar-refractivity contribution in [1.29, 1.82) is 0 Å². The van der Waals surface area contributed by atoms with Gasteiger partial charge in [-0.2, -0.15) is 0 Å². The van der Waals surface area contributed by atoms with Gasteiger partial charge in [0.15, 0.2) is 11.5 Å². The van der Waals surface area contributed by atoms with Gasteiger partial charge in [0.05, 0.1) is 24.8 Å². The van der Waals surface area contributed by atoms with Gasteiger partial charge in [-0.05, 0) is 79.6 Å². The van der Waals surface area contributed by atoms with Crippen LogP contribution in [0.5, 0.6) is 11.5 Å². The monoisotopic (exact) mass is 623 g/mol. The van der Waals surface area contributed by atoms with Gasteiger partial charge >= 0.3 is 0 Å². The standard InChI is InChI=1S/C34H45N3O6S/c1-9-30(34(39)35-20-23(2)3)36(21-27-13-11-10-12-26(27)6)33(38)22-37(28-17-24(4)16-25(5)18-28)44(40,41)29-14-15-31(42-7)32(19-29)43-8/h10-19,23,30H,9,20-22H2,1-8H3,(H,35,39)/t30-/m0/s1. The summed E-state index contributed by atoms with van der Waals surface area (Å²) < 4.78 is 40.4. The molecule has 2 amide bonds. The maximum atomic E-state index is 14.4. The molecule has 1 N–H and O–H groups in total. The number of nitrogens with zero attached hydrogens (tertiary/aromatic N) is 2. The second-order valence-electron chi connectivity index (χ2n) is 11.4. The number of sulfonamides is 1. The van der Waals surface area contributed by atoms with Crippen LogP contribution in [0.1, 0.15) is 49.4 Å². The molecule has 1 atom stereocenters. The van der Waals surface area contributed by atoms with Crippen LogP contribution < -0.4 is 19.1 Å². The Bertz CT molecular complexity index is 1550. The third-order valence-corrected chi connectivity index (χ3v) is 9.16. The zero-order chi connectivity index (χ0) is 32.6. The fraction of sp³-hybridized carbons (Fsp3) is 0.412. The molecule has 0 saturated carbocycles. The fourth-order valence-corrected chi connectivity index (χ4v) is 6.45. The quantitative estimate of drug-likeness (QED) is 0.258. The second-order valence-corrected chi connectivity index (χ2v) is 13.2. The zero-order valence-electron chi connectivity index (χ0n) is 27.0. The van der Waals surface area contributed by atoms with Crippen LogP contribution in [0.25, 0.3) is 0 Å². The van der Waals surface area contributed by atoms with Gasteiger partial charge in [-0.25, -0.2) is 8.42 Å². The predicted molar refractivity (Wildman–Crippen MR) is 174 cm³/mol. The molecule has 0 fully saturated rings. The molecule has 0 aromatic heterocycles. The van der Waals surface area contributed by atoms with E-state index in [-0.39, 0.29) is 29.0 Å². The van der Waals surface area contributed by atoms with E-state index in [1.165, 1.54) is 37.3 Å². The molecule has 3 aromatic carbocycles. The van der Waals surface area contributed by atoms with E-state index in [4.69, 9.17) is 9.47 Å². The summed E-state index contributed by atoms with van der Waals surface area (Å²) in [7, 11) is -1.38. The molecule has 238 valence electrons. The number of carbonyl (C=O) groups is 2. The van der Waals surface area contributed by atoms with Gasteiger partial charge in [-0.3, -0.25) is 13.9 Å². The van der Waals surface area contributed by atoms with E-state index in [0.29, 0.717) is 24.4 Å². The summed E-state index contributed by atoms with van der Waals surface area (Å²) in [6, 6.07) is 16.6. The molecule has 0 aliphatic heterocycles.